The van der Waals surface area contributed by atoms with Gasteiger partial charge in [0.15, 0.2) is 0 Å². The molecule has 17 heavy (non-hydrogen) atoms. The Morgan fingerprint density at radius 3 is 2.65 bits per heavy atom. The second-order valence-corrected chi connectivity index (χ2v) is 5.32. The molecule has 1 aromatic rings. The van der Waals surface area contributed by atoms with Crippen LogP contribution in [-0.2, 0) is 13.0 Å². The van der Waals surface area contributed by atoms with Crippen LogP contribution in [0.3, 0.4) is 0 Å². The van der Waals surface area contributed by atoms with Crippen LogP contribution in [0.5, 0.6) is 0 Å². The molecule has 98 valence electrons. The Labute approximate surface area is 106 Å². The van der Waals surface area contributed by atoms with E-state index < -0.39 is 0 Å². The Bertz CT molecular complexity index is 291. The van der Waals surface area contributed by atoms with Crippen molar-refractivity contribution in [1.82, 2.24) is 15.0 Å². The van der Waals surface area contributed by atoms with E-state index >= 15 is 0 Å². The van der Waals surface area contributed by atoms with Crippen molar-refractivity contribution >= 4 is 0 Å². The van der Waals surface area contributed by atoms with Crippen LogP contribution >= 0.6 is 0 Å². The highest BCUT2D eigenvalue weighted by Crippen LogP contribution is 2.07. The highest BCUT2D eigenvalue weighted by Gasteiger charge is 2.02. The summed E-state index contributed by atoms with van der Waals surface area (Å²) < 4.78 is 2.00. The second kappa shape index (κ2) is 8.26. The highest BCUT2D eigenvalue weighted by molar-refractivity contribution is 4.92. The van der Waals surface area contributed by atoms with E-state index in [4.69, 9.17) is 0 Å². The summed E-state index contributed by atoms with van der Waals surface area (Å²) in [6.45, 7) is 7.77. The molecule has 0 atom stereocenters. The number of hydrogen-bond donors (Lipinski definition) is 0. The van der Waals surface area contributed by atoms with Crippen LogP contribution in [0.2, 0.25) is 0 Å². The zero-order valence-electron chi connectivity index (χ0n) is 11.7. The molecular formula is C14H27N3. The molecule has 0 amide bonds. The quantitative estimate of drug-likeness (QED) is 0.611. The summed E-state index contributed by atoms with van der Waals surface area (Å²) in [5.41, 5.74) is 1.15. The van der Waals surface area contributed by atoms with E-state index in [1.165, 1.54) is 38.5 Å². The van der Waals surface area contributed by atoms with Crippen LogP contribution in [0.25, 0.3) is 0 Å². The van der Waals surface area contributed by atoms with E-state index in [9.17, 15) is 0 Å². The molecule has 0 spiro atoms. The molecule has 0 aliphatic carbocycles. The van der Waals surface area contributed by atoms with Crippen molar-refractivity contribution in [3.8, 4) is 0 Å². The Morgan fingerprint density at radius 1 is 1.18 bits per heavy atom. The van der Waals surface area contributed by atoms with Gasteiger partial charge in [-0.1, -0.05) is 51.7 Å². The first-order valence-electron chi connectivity index (χ1n) is 7.11. The van der Waals surface area contributed by atoms with Gasteiger partial charge in [-0.15, -0.1) is 5.10 Å². The summed E-state index contributed by atoms with van der Waals surface area (Å²) in [5.74, 6) is 0.745. The lowest BCUT2D eigenvalue weighted by atomic mass is 10.1. The number of rotatable bonds is 9. The molecule has 0 aliphatic rings. The van der Waals surface area contributed by atoms with Crippen molar-refractivity contribution in [2.75, 3.05) is 0 Å². The number of aromatic nitrogens is 3. The van der Waals surface area contributed by atoms with Crippen LogP contribution in [0, 0.1) is 5.92 Å². The van der Waals surface area contributed by atoms with E-state index in [-0.39, 0.29) is 0 Å². The Kier molecular flexibility index (Phi) is 6.90. The van der Waals surface area contributed by atoms with Crippen LogP contribution in [0.1, 0.15) is 65.0 Å². The molecule has 1 heterocycles. The van der Waals surface area contributed by atoms with E-state index in [2.05, 4.69) is 37.3 Å². The third kappa shape index (κ3) is 6.44. The third-order valence-corrected chi connectivity index (χ3v) is 3.05. The summed E-state index contributed by atoms with van der Waals surface area (Å²) in [5, 5.41) is 8.39. The van der Waals surface area contributed by atoms with Gasteiger partial charge in [-0.3, -0.25) is 4.68 Å². The van der Waals surface area contributed by atoms with Crippen LogP contribution in [0.15, 0.2) is 6.20 Å². The fourth-order valence-corrected chi connectivity index (χ4v) is 1.88. The molecule has 0 fully saturated rings. The fraction of sp³-hybridized carbons (Fsp3) is 0.857. The van der Waals surface area contributed by atoms with Gasteiger partial charge >= 0.3 is 0 Å². The SMILES string of the molecule is CCCCCCCn1cc(CCC(C)C)nn1. The molecule has 0 N–H and O–H groups in total. The fourth-order valence-electron chi connectivity index (χ4n) is 1.88. The second-order valence-electron chi connectivity index (χ2n) is 5.32. The minimum Gasteiger partial charge on any atom is -0.252 e. The molecule has 0 radical (unpaired) electrons. The van der Waals surface area contributed by atoms with Crippen molar-refractivity contribution in [1.29, 1.82) is 0 Å². The number of hydrogen-bond acceptors (Lipinski definition) is 2. The highest BCUT2D eigenvalue weighted by atomic mass is 15.4. The smallest absolute Gasteiger partial charge is 0.0827 e. The molecule has 0 saturated heterocycles. The van der Waals surface area contributed by atoms with Crippen LogP contribution in [-0.4, -0.2) is 15.0 Å². The predicted molar refractivity (Wildman–Crippen MR) is 71.9 cm³/mol. The Morgan fingerprint density at radius 2 is 1.94 bits per heavy atom. The van der Waals surface area contributed by atoms with Gasteiger partial charge < -0.3 is 0 Å². The first-order valence-corrected chi connectivity index (χ1v) is 7.11. The lowest BCUT2D eigenvalue weighted by Gasteiger charge is -2.01. The zero-order chi connectivity index (χ0) is 12.5. The van der Waals surface area contributed by atoms with Crippen LogP contribution in [0.4, 0.5) is 0 Å². The normalized spacial score (nSPS) is 11.3. The summed E-state index contributed by atoms with van der Waals surface area (Å²) in [7, 11) is 0. The number of unbranched alkanes of at least 4 members (excludes halogenated alkanes) is 4. The van der Waals surface area contributed by atoms with Gasteiger partial charge in [0, 0.05) is 12.7 Å². The topological polar surface area (TPSA) is 30.7 Å². The van der Waals surface area contributed by atoms with Crippen molar-refractivity contribution in [3.05, 3.63) is 11.9 Å². The minimum atomic E-state index is 0.745. The summed E-state index contributed by atoms with van der Waals surface area (Å²) in [6, 6.07) is 0. The summed E-state index contributed by atoms with van der Waals surface area (Å²) in [6.07, 6.45) is 10.9. The van der Waals surface area contributed by atoms with Gasteiger partial charge in [-0.2, -0.15) is 0 Å². The molecule has 3 nitrogen and oxygen atoms in total. The summed E-state index contributed by atoms with van der Waals surface area (Å²) >= 11 is 0. The third-order valence-electron chi connectivity index (χ3n) is 3.05. The first kappa shape index (κ1) is 14.2. The molecule has 3 heteroatoms. The van der Waals surface area contributed by atoms with Crippen LogP contribution < -0.4 is 0 Å². The zero-order valence-corrected chi connectivity index (χ0v) is 11.7. The molecule has 0 bridgehead atoms. The van der Waals surface area contributed by atoms with Gasteiger partial charge in [0.2, 0.25) is 0 Å². The Balaban J connectivity index is 2.17. The average Bonchev–Trinajstić information content (AvgIpc) is 2.74. The number of nitrogens with zero attached hydrogens (tertiary/aromatic N) is 3. The monoisotopic (exact) mass is 237 g/mol. The van der Waals surface area contributed by atoms with Gasteiger partial charge in [0.1, 0.15) is 0 Å². The summed E-state index contributed by atoms with van der Waals surface area (Å²) in [4.78, 5) is 0. The van der Waals surface area contributed by atoms with Crippen molar-refractivity contribution in [3.63, 3.8) is 0 Å². The van der Waals surface area contributed by atoms with E-state index in [0.717, 1.165) is 24.6 Å². The van der Waals surface area contributed by atoms with Crippen molar-refractivity contribution < 1.29 is 0 Å². The molecule has 1 rings (SSSR count). The largest absolute Gasteiger partial charge is 0.252 e. The van der Waals surface area contributed by atoms with Gasteiger partial charge in [-0.05, 0) is 25.2 Å². The average molecular weight is 237 g/mol. The predicted octanol–water partition coefficient (Wildman–Crippen LogP) is 3.84. The molecule has 0 unspecified atom stereocenters. The lowest BCUT2D eigenvalue weighted by molar-refractivity contribution is 0.521. The number of aryl methyl sites for hydroxylation is 2. The standard InChI is InChI=1S/C14H27N3/c1-4-5-6-7-8-11-17-12-14(15-16-17)10-9-13(2)3/h12-13H,4-11H2,1-3H3. The van der Waals surface area contributed by atoms with Gasteiger partial charge in [-0.25, -0.2) is 0 Å². The van der Waals surface area contributed by atoms with E-state index in [1.54, 1.807) is 0 Å². The Hall–Kier alpha value is -0.860. The maximum Gasteiger partial charge on any atom is 0.0827 e. The van der Waals surface area contributed by atoms with E-state index in [0.29, 0.717) is 0 Å². The minimum absolute atomic E-state index is 0.745. The first-order chi connectivity index (χ1) is 8.22. The maximum atomic E-state index is 4.22. The molecule has 1 aromatic heterocycles. The van der Waals surface area contributed by atoms with Crippen molar-refractivity contribution in [2.45, 2.75) is 72.3 Å². The van der Waals surface area contributed by atoms with Gasteiger partial charge in [0.05, 0.1) is 5.69 Å². The van der Waals surface area contributed by atoms with Crippen molar-refractivity contribution in [2.24, 2.45) is 5.92 Å². The molecule has 0 saturated carbocycles. The maximum absolute atomic E-state index is 4.22. The lowest BCUT2D eigenvalue weighted by Crippen LogP contribution is -1.98. The molecule has 0 aliphatic heterocycles. The molecular weight excluding hydrogens is 210 g/mol. The van der Waals surface area contributed by atoms with Gasteiger partial charge in [0.25, 0.3) is 0 Å². The molecule has 0 aromatic carbocycles. The van der Waals surface area contributed by atoms with E-state index in [1.807, 2.05) is 4.68 Å².